The Morgan fingerprint density at radius 2 is 1.62 bits per heavy atom. The van der Waals surface area contributed by atoms with E-state index >= 15 is 0 Å². The molecule has 2 aromatic rings. The van der Waals surface area contributed by atoms with E-state index in [-0.39, 0.29) is 46.5 Å². The molecule has 0 amide bonds. The fraction of sp³-hybridized carbons (Fsp3) is 0.100. The van der Waals surface area contributed by atoms with Crippen molar-refractivity contribution in [2.75, 3.05) is 0 Å². The molecule has 0 atom stereocenters. The maximum atomic E-state index is 2.16. The maximum absolute atomic E-state index is 2.16. The van der Waals surface area contributed by atoms with Gasteiger partial charge in [-0.05, 0) is 0 Å². The molecule has 0 radical (unpaired) electrons. The first kappa shape index (κ1) is 15.6. The summed E-state index contributed by atoms with van der Waals surface area (Å²) in [7, 11) is 0. The predicted molar refractivity (Wildman–Crippen MR) is 58.8 cm³/mol. The van der Waals surface area contributed by atoms with Gasteiger partial charge in [0.1, 0.15) is 0 Å². The van der Waals surface area contributed by atoms with Crippen molar-refractivity contribution in [3.63, 3.8) is 0 Å². The van der Waals surface area contributed by atoms with Crippen molar-refractivity contribution in [2.24, 2.45) is 0 Å². The molecule has 0 spiro atoms. The van der Waals surface area contributed by atoms with E-state index in [1.54, 1.807) is 0 Å². The molecule has 0 N–H and O–H groups in total. The molecule has 70 valence electrons. The van der Waals surface area contributed by atoms with Gasteiger partial charge in [-0.15, -0.1) is 59.3 Å². The summed E-state index contributed by atoms with van der Waals surface area (Å²) in [5.41, 5.74) is 1.37. The van der Waals surface area contributed by atoms with Crippen LogP contribution in [0.5, 0.6) is 0 Å². The number of fused-ring (bicyclic) bond motifs is 1. The zero-order valence-electron chi connectivity index (χ0n) is 7.28. The molecular formula is C10H11Cl2Ti-. The van der Waals surface area contributed by atoms with Crippen molar-refractivity contribution < 1.29 is 21.7 Å². The van der Waals surface area contributed by atoms with Crippen molar-refractivity contribution in [2.45, 2.75) is 6.92 Å². The second-order valence-corrected chi connectivity index (χ2v) is 2.60. The molecular weight excluding hydrogens is 239 g/mol. The number of aryl methyl sites for hydroxylation is 1. The number of rotatable bonds is 0. The summed E-state index contributed by atoms with van der Waals surface area (Å²) in [6, 6.07) is 12.8. The van der Waals surface area contributed by atoms with Gasteiger partial charge in [0.2, 0.25) is 0 Å². The van der Waals surface area contributed by atoms with E-state index in [9.17, 15) is 0 Å². The third-order valence-corrected chi connectivity index (χ3v) is 1.90. The zero-order valence-corrected chi connectivity index (χ0v) is 10.5. The van der Waals surface area contributed by atoms with Crippen LogP contribution in [0.1, 0.15) is 5.56 Å². The van der Waals surface area contributed by atoms with E-state index in [4.69, 9.17) is 0 Å². The quantitative estimate of drug-likeness (QED) is 0.493. The van der Waals surface area contributed by atoms with Crippen molar-refractivity contribution in [1.82, 2.24) is 0 Å². The Labute approximate surface area is 106 Å². The van der Waals surface area contributed by atoms with Gasteiger partial charge in [-0.1, -0.05) is 13.0 Å². The number of hydrogen-bond acceptors (Lipinski definition) is 0. The van der Waals surface area contributed by atoms with Crippen LogP contribution in [0.4, 0.5) is 0 Å². The summed E-state index contributed by atoms with van der Waals surface area (Å²) in [6.45, 7) is 2.14. The van der Waals surface area contributed by atoms with E-state index < -0.39 is 0 Å². The van der Waals surface area contributed by atoms with Crippen molar-refractivity contribution in [1.29, 1.82) is 0 Å². The molecule has 0 saturated carbocycles. The molecule has 2 aromatic carbocycles. The average molecular weight is 250 g/mol. The van der Waals surface area contributed by atoms with Crippen molar-refractivity contribution in [3.05, 3.63) is 42.0 Å². The van der Waals surface area contributed by atoms with Crippen LogP contribution in [-0.4, -0.2) is 0 Å². The monoisotopic (exact) mass is 249 g/mol. The Morgan fingerprint density at radius 3 is 2.23 bits per heavy atom. The van der Waals surface area contributed by atoms with Gasteiger partial charge in [0, 0.05) is 21.7 Å². The molecule has 0 aliphatic heterocycles. The normalized spacial score (nSPS) is 8.08. The van der Waals surface area contributed by atoms with Crippen LogP contribution in [0.3, 0.4) is 0 Å². The Kier molecular flexibility index (Phi) is 7.87. The largest absolute Gasteiger partial charge is 0.168 e. The molecule has 0 aliphatic carbocycles. The summed E-state index contributed by atoms with van der Waals surface area (Å²) in [4.78, 5) is 0. The van der Waals surface area contributed by atoms with E-state index in [0.717, 1.165) is 0 Å². The van der Waals surface area contributed by atoms with Gasteiger partial charge >= 0.3 is 0 Å². The molecule has 3 heteroatoms. The summed E-state index contributed by atoms with van der Waals surface area (Å²) >= 11 is 0. The van der Waals surface area contributed by atoms with Crippen LogP contribution in [0.2, 0.25) is 0 Å². The maximum Gasteiger partial charge on any atom is 0 e. The van der Waals surface area contributed by atoms with Gasteiger partial charge in [-0.25, -0.2) is 0 Å². The Bertz CT molecular complexity index is 354. The van der Waals surface area contributed by atoms with Crippen LogP contribution in [0, 0.1) is 6.92 Å². The minimum atomic E-state index is 0. The van der Waals surface area contributed by atoms with E-state index in [1.807, 2.05) is 0 Å². The van der Waals surface area contributed by atoms with Gasteiger partial charge in [0.25, 0.3) is 0 Å². The Morgan fingerprint density at radius 1 is 1.00 bits per heavy atom. The topological polar surface area (TPSA) is 0 Å². The van der Waals surface area contributed by atoms with Gasteiger partial charge in [0.05, 0.1) is 0 Å². The fourth-order valence-corrected chi connectivity index (χ4v) is 1.31. The molecule has 0 heterocycles. The first-order valence-electron chi connectivity index (χ1n) is 3.49. The minimum Gasteiger partial charge on any atom is -0.168 e. The van der Waals surface area contributed by atoms with Crippen molar-refractivity contribution in [3.8, 4) is 0 Å². The smallest absolute Gasteiger partial charge is 0 e. The average Bonchev–Trinajstić information content (AvgIpc) is 2.34. The molecule has 0 saturated heterocycles. The summed E-state index contributed by atoms with van der Waals surface area (Å²) in [5, 5.41) is 2.72. The second kappa shape index (κ2) is 6.56. The SMILES string of the molecule is C[c-]1ccc2ccccc21.Cl.Cl.[Ti]. The van der Waals surface area contributed by atoms with Crippen LogP contribution in [-0.2, 0) is 21.7 Å². The molecule has 2 rings (SSSR count). The molecule has 0 aliphatic rings. The fourth-order valence-electron chi connectivity index (χ4n) is 1.31. The van der Waals surface area contributed by atoms with Crippen LogP contribution >= 0.6 is 24.8 Å². The first-order valence-corrected chi connectivity index (χ1v) is 3.49. The molecule has 13 heavy (non-hydrogen) atoms. The molecule has 0 nitrogen and oxygen atoms in total. The van der Waals surface area contributed by atoms with Crippen molar-refractivity contribution >= 4 is 35.6 Å². The second-order valence-electron chi connectivity index (χ2n) is 2.60. The molecule has 0 aromatic heterocycles. The third kappa shape index (κ3) is 3.07. The molecule has 0 unspecified atom stereocenters. The first-order chi connectivity index (χ1) is 4.88. The van der Waals surface area contributed by atoms with Gasteiger partial charge in [-0.2, -0.15) is 12.1 Å². The standard InChI is InChI=1S/C10H9.2ClH.Ti/c1-8-6-7-9-4-2-3-5-10(8)9;;;/h2-7H,1H3;2*1H;/q-1;;;. The summed E-state index contributed by atoms with van der Waals surface area (Å²) in [6.07, 6.45) is 0. The van der Waals surface area contributed by atoms with Crippen LogP contribution < -0.4 is 0 Å². The third-order valence-electron chi connectivity index (χ3n) is 1.90. The predicted octanol–water partition coefficient (Wildman–Crippen LogP) is 3.71. The number of hydrogen-bond donors (Lipinski definition) is 0. The van der Waals surface area contributed by atoms with Crippen LogP contribution in [0.15, 0.2) is 36.4 Å². The molecule has 0 bridgehead atoms. The Balaban J connectivity index is 0. The van der Waals surface area contributed by atoms with Gasteiger partial charge in [0.15, 0.2) is 0 Å². The number of benzene rings is 1. The van der Waals surface area contributed by atoms with Crippen LogP contribution in [0.25, 0.3) is 10.8 Å². The van der Waals surface area contributed by atoms with Gasteiger partial charge < -0.3 is 0 Å². The van der Waals surface area contributed by atoms with E-state index in [2.05, 4.69) is 43.3 Å². The Hall–Kier alpha value is 0.124. The zero-order chi connectivity index (χ0) is 6.97. The summed E-state index contributed by atoms with van der Waals surface area (Å²) < 4.78 is 0. The van der Waals surface area contributed by atoms with E-state index in [1.165, 1.54) is 16.3 Å². The summed E-state index contributed by atoms with van der Waals surface area (Å²) in [5.74, 6) is 0. The van der Waals surface area contributed by atoms with Gasteiger partial charge in [-0.3, -0.25) is 0 Å². The van der Waals surface area contributed by atoms with E-state index in [0.29, 0.717) is 0 Å². The molecule has 0 fully saturated rings. The minimum absolute atomic E-state index is 0. The number of halogens is 2.